The average molecular weight is 248 g/mol. The first-order valence-corrected chi connectivity index (χ1v) is 4.99. The molecule has 18 heavy (non-hydrogen) atoms. The van der Waals surface area contributed by atoms with Gasteiger partial charge >= 0.3 is 0 Å². The maximum absolute atomic E-state index is 9.81. The summed E-state index contributed by atoms with van der Waals surface area (Å²) in [6.45, 7) is 0.216. The Kier molecular flexibility index (Phi) is 5.05. The molecule has 94 valence electrons. The van der Waals surface area contributed by atoms with Crippen LogP contribution in [-0.2, 0) is 4.79 Å². The number of carbonyl (C=O) groups is 1. The second-order valence-corrected chi connectivity index (χ2v) is 3.23. The summed E-state index contributed by atoms with van der Waals surface area (Å²) in [4.78, 5) is 9.81. The Morgan fingerprint density at radius 2 is 1.39 bits per heavy atom. The molecule has 5 heteroatoms. The molecule has 0 saturated carbocycles. The fraction of sp³-hybridized carbons (Fsp3) is 0. The maximum atomic E-state index is 9.81. The molecule has 0 bridgehead atoms. The van der Waals surface area contributed by atoms with E-state index in [-0.39, 0.29) is 23.7 Å². The number of phenols is 3. The highest BCUT2D eigenvalue weighted by molar-refractivity contribution is 5.49. The van der Waals surface area contributed by atoms with Crippen LogP contribution in [0, 0.1) is 0 Å². The van der Waals surface area contributed by atoms with Crippen molar-refractivity contribution in [3.05, 3.63) is 48.5 Å². The summed E-state index contributed by atoms with van der Waals surface area (Å²) < 4.78 is 4.37. The van der Waals surface area contributed by atoms with Gasteiger partial charge < -0.3 is 20.1 Å². The molecule has 0 saturated heterocycles. The van der Waals surface area contributed by atoms with Crippen LogP contribution >= 0.6 is 0 Å². The predicted octanol–water partition coefficient (Wildman–Crippen LogP) is 2.03. The van der Waals surface area contributed by atoms with Crippen LogP contribution in [0.15, 0.2) is 48.5 Å². The number of para-hydroxylation sites is 1. The molecule has 0 amide bonds. The Morgan fingerprint density at radius 3 is 1.78 bits per heavy atom. The number of ether oxygens (including phenoxy) is 1. The van der Waals surface area contributed by atoms with E-state index in [0.717, 1.165) is 6.07 Å². The summed E-state index contributed by atoms with van der Waals surface area (Å²) in [5.41, 5.74) is 0. The zero-order valence-corrected chi connectivity index (χ0v) is 9.35. The van der Waals surface area contributed by atoms with Gasteiger partial charge in [0.1, 0.15) is 23.0 Å². The molecule has 0 aromatic heterocycles. The number of hydrogen-bond acceptors (Lipinski definition) is 5. The monoisotopic (exact) mass is 248 g/mol. The normalized spacial score (nSPS) is 8.89. The summed E-state index contributed by atoms with van der Waals surface area (Å²) >= 11 is 0. The molecule has 2 aromatic rings. The van der Waals surface area contributed by atoms with Crippen molar-refractivity contribution >= 4 is 6.47 Å². The summed E-state index contributed by atoms with van der Waals surface area (Å²) in [5.74, 6) is 0.128. The number of aromatic hydroxyl groups is 3. The number of phenolic OH excluding ortho intramolecular Hbond substituents is 3. The Hall–Kier alpha value is -2.69. The van der Waals surface area contributed by atoms with E-state index in [1.165, 1.54) is 12.1 Å². The van der Waals surface area contributed by atoms with Gasteiger partial charge in [-0.1, -0.05) is 18.2 Å². The second-order valence-electron chi connectivity index (χ2n) is 3.23. The lowest BCUT2D eigenvalue weighted by Crippen LogP contribution is -1.87. The van der Waals surface area contributed by atoms with Gasteiger partial charge in [-0.2, -0.15) is 0 Å². The smallest absolute Gasteiger partial charge is 0.298 e. The average Bonchev–Trinajstić information content (AvgIpc) is 2.30. The molecule has 0 radical (unpaired) electrons. The lowest BCUT2D eigenvalue weighted by atomic mass is 10.3. The molecule has 0 heterocycles. The molecule has 0 spiro atoms. The highest BCUT2D eigenvalue weighted by atomic mass is 16.5. The van der Waals surface area contributed by atoms with Crippen molar-refractivity contribution in [2.24, 2.45) is 0 Å². The molecule has 3 N–H and O–H groups in total. The van der Waals surface area contributed by atoms with Gasteiger partial charge in [-0.25, -0.2) is 0 Å². The van der Waals surface area contributed by atoms with Gasteiger partial charge in [0.05, 0.1) is 0 Å². The van der Waals surface area contributed by atoms with E-state index in [1.807, 2.05) is 6.07 Å². The molecule has 0 aliphatic heterocycles. The lowest BCUT2D eigenvalue weighted by molar-refractivity contribution is -0.120. The van der Waals surface area contributed by atoms with Crippen LogP contribution in [0.3, 0.4) is 0 Å². The van der Waals surface area contributed by atoms with Crippen LogP contribution in [0.1, 0.15) is 0 Å². The van der Waals surface area contributed by atoms with Crippen LogP contribution in [0.2, 0.25) is 0 Å². The first kappa shape index (κ1) is 13.4. The minimum Gasteiger partial charge on any atom is -0.508 e. The third-order valence-electron chi connectivity index (χ3n) is 1.82. The topological polar surface area (TPSA) is 87.0 Å². The Labute approximate surface area is 104 Å². The Balaban J connectivity index is 0.000000199. The van der Waals surface area contributed by atoms with Gasteiger partial charge in [-0.15, -0.1) is 0 Å². The van der Waals surface area contributed by atoms with E-state index < -0.39 is 0 Å². The van der Waals surface area contributed by atoms with E-state index in [0.29, 0.717) is 5.75 Å². The molecule has 2 aromatic carbocycles. The largest absolute Gasteiger partial charge is 0.508 e. The van der Waals surface area contributed by atoms with Crippen molar-refractivity contribution in [3.8, 4) is 23.0 Å². The maximum Gasteiger partial charge on any atom is 0.298 e. The van der Waals surface area contributed by atoms with E-state index in [9.17, 15) is 4.79 Å². The summed E-state index contributed by atoms with van der Waals surface area (Å²) in [6.07, 6.45) is 0. The number of carbonyl (C=O) groups excluding carboxylic acids is 1. The molecular weight excluding hydrogens is 236 g/mol. The van der Waals surface area contributed by atoms with Crippen molar-refractivity contribution in [2.45, 2.75) is 0 Å². The molecule has 0 fully saturated rings. The zero-order chi connectivity index (χ0) is 13.4. The number of rotatable bonds is 2. The second kappa shape index (κ2) is 6.80. The number of benzene rings is 2. The molecule has 2 rings (SSSR count). The summed E-state index contributed by atoms with van der Waals surface area (Å²) in [7, 11) is 0. The van der Waals surface area contributed by atoms with Crippen LogP contribution in [0.4, 0.5) is 0 Å². The van der Waals surface area contributed by atoms with Crippen molar-refractivity contribution in [3.63, 3.8) is 0 Å². The van der Waals surface area contributed by atoms with Crippen LogP contribution in [0.5, 0.6) is 23.0 Å². The highest BCUT2D eigenvalue weighted by Gasteiger charge is 1.98. The van der Waals surface area contributed by atoms with Gasteiger partial charge in [0.15, 0.2) is 0 Å². The molecule has 0 aliphatic rings. The zero-order valence-electron chi connectivity index (χ0n) is 9.35. The Morgan fingerprint density at radius 1 is 0.833 bits per heavy atom. The van der Waals surface area contributed by atoms with Gasteiger partial charge in [-0.3, -0.25) is 4.79 Å². The van der Waals surface area contributed by atoms with Crippen LogP contribution in [0.25, 0.3) is 0 Å². The van der Waals surface area contributed by atoms with Gasteiger partial charge in [-0.05, 0) is 12.1 Å². The Bertz CT molecular complexity index is 476. The summed E-state index contributed by atoms with van der Waals surface area (Å²) in [5, 5.41) is 26.4. The summed E-state index contributed by atoms with van der Waals surface area (Å²) in [6, 6.07) is 12.3. The molecule has 0 unspecified atom stereocenters. The van der Waals surface area contributed by atoms with Gasteiger partial charge in [0.2, 0.25) is 0 Å². The molecular formula is C13H12O5. The van der Waals surface area contributed by atoms with E-state index >= 15 is 0 Å². The van der Waals surface area contributed by atoms with E-state index in [1.54, 1.807) is 24.3 Å². The third-order valence-corrected chi connectivity index (χ3v) is 1.82. The minimum atomic E-state index is -0.151. The molecule has 0 atom stereocenters. The highest BCUT2D eigenvalue weighted by Crippen LogP contribution is 2.24. The van der Waals surface area contributed by atoms with Crippen LogP contribution < -0.4 is 4.74 Å². The van der Waals surface area contributed by atoms with Crippen molar-refractivity contribution < 1.29 is 24.9 Å². The van der Waals surface area contributed by atoms with Gasteiger partial charge in [0, 0.05) is 18.2 Å². The number of hydrogen-bond donors (Lipinski definition) is 3. The molecule has 0 aliphatic carbocycles. The molecule has 5 nitrogen and oxygen atoms in total. The lowest BCUT2D eigenvalue weighted by Gasteiger charge is -1.98. The quantitative estimate of drug-likeness (QED) is 0.708. The van der Waals surface area contributed by atoms with Crippen LogP contribution in [-0.4, -0.2) is 21.8 Å². The standard InChI is InChI=1S/C7H6O4.C6H6O/c8-4-11-7-2-5(9)1-6(10)3-7;7-6-4-2-1-3-5-6/h1-4,9-10H;1-5,7H. The third kappa shape index (κ3) is 4.89. The van der Waals surface area contributed by atoms with Crippen molar-refractivity contribution in [1.29, 1.82) is 0 Å². The van der Waals surface area contributed by atoms with Gasteiger partial charge in [0.25, 0.3) is 6.47 Å². The fourth-order valence-corrected chi connectivity index (χ4v) is 1.12. The predicted molar refractivity (Wildman–Crippen MR) is 64.6 cm³/mol. The first-order chi connectivity index (χ1) is 8.61. The van der Waals surface area contributed by atoms with Crippen molar-refractivity contribution in [1.82, 2.24) is 0 Å². The SMILES string of the molecule is O=COc1cc(O)cc(O)c1.Oc1ccccc1. The van der Waals surface area contributed by atoms with Crippen molar-refractivity contribution in [2.75, 3.05) is 0 Å². The first-order valence-electron chi connectivity index (χ1n) is 4.99. The van der Waals surface area contributed by atoms with E-state index in [4.69, 9.17) is 15.3 Å². The van der Waals surface area contributed by atoms with E-state index in [2.05, 4.69) is 4.74 Å². The fourth-order valence-electron chi connectivity index (χ4n) is 1.12. The minimum absolute atomic E-state index is 0.109.